The predicted octanol–water partition coefficient (Wildman–Crippen LogP) is 1.59. The first-order chi connectivity index (χ1) is 8.75. The van der Waals surface area contributed by atoms with Gasteiger partial charge in [0.15, 0.2) is 0 Å². The Hall–Kier alpha value is -1.06. The first-order valence-corrected chi connectivity index (χ1v) is 6.95. The molecule has 0 aliphatic carbocycles. The lowest BCUT2D eigenvalue weighted by atomic mass is 10.1. The molecular formula is C15H25N3. The van der Waals surface area contributed by atoms with Crippen LogP contribution in [0, 0.1) is 0 Å². The molecule has 0 radical (unpaired) electrons. The van der Waals surface area contributed by atoms with Gasteiger partial charge in [0.2, 0.25) is 0 Å². The van der Waals surface area contributed by atoms with Crippen LogP contribution in [0.25, 0.3) is 0 Å². The minimum absolute atomic E-state index is 1.10. The number of aryl methyl sites for hydroxylation is 1. The molecule has 1 fully saturated rings. The Labute approximate surface area is 111 Å². The van der Waals surface area contributed by atoms with E-state index < -0.39 is 0 Å². The van der Waals surface area contributed by atoms with Gasteiger partial charge in [-0.05, 0) is 51.2 Å². The lowest BCUT2D eigenvalue weighted by molar-refractivity contribution is 0.400. The Morgan fingerprint density at radius 3 is 2.72 bits per heavy atom. The molecule has 0 saturated carbocycles. The summed E-state index contributed by atoms with van der Waals surface area (Å²) >= 11 is 0. The number of nitrogens with zero attached hydrogens (tertiary/aromatic N) is 2. The van der Waals surface area contributed by atoms with Crippen LogP contribution in [0.2, 0.25) is 0 Å². The zero-order valence-corrected chi connectivity index (χ0v) is 11.7. The zero-order chi connectivity index (χ0) is 12.8. The van der Waals surface area contributed by atoms with Crippen LogP contribution in [0.15, 0.2) is 24.3 Å². The van der Waals surface area contributed by atoms with Gasteiger partial charge < -0.3 is 15.1 Å². The normalized spacial score (nSPS) is 16.3. The van der Waals surface area contributed by atoms with Crippen LogP contribution >= 0.6 is 0 Å². The van der Waals surface area contributed by atoms with Crippen LogP contribution in [-0.4, -0.2) is 51.7 Å². The van der Waals surface area contributed by atoms with Gasteiger partial charge in [-0.1, -0.05) is 12.1 Å². The fourth-order valence-corrected chi connectivity index (χ4v) is 2.43. The highest BCUT2D eigenvalue weighted by atomic mass is 15.2. The third kappa shape index (κ3) is 4.00. The summed E-state index contributed by atoms with van der Waals surface area (Å²) in [5.74, 6) is 0. The van der Waals surface area contributed by atoms with Crippen molar-refractivity contribution >= 4 is 5.69 Å². The Bertz CT molecular complexity index is 357. The number of anilines is 1. The largest absolute Gasteiger partial charge is 0.369 e. The highest BCUT2D eigenvalue weighted by Gasteiger charge is 2.10. The Kier molecular flexibility index (Phi) is 5.02. The average Bonchev–Trinajstić information content (AvgIpc) is 2.40. The molecule has 0 aromatic heterocycles. The van der Waals surface area contributed by atoms with Crippen molar-refractivity contribution in [1.82, 2.24) is 10.2 Å². The van der Waals surface area contributed by atoms with Crippen molar-refractivity contribution in [1.29, 1.82) is 0 Å². The Morgan fingerprint density at radius 1 is 1.22 bits per heavy atom. The van der Waals surface area contributed by atoms with Crippen LogP contribution < -0.4 is 10.2 Å². The maximum Gasteiger partial charge on any atom is 0.0369 e. The van der Waals surface area contributed by atoms with Crippen LogP contribution in [0.4, 0.5) is 5.69 Å². The summed E-state index contributed by atoms with van der Waals surface area (Å²) in [6.45, 7) is 5.62. The summed E-state index contributed by atoms with van der Waals surface area (Å²) in [7, 11) is 4.27. The minimum Gasteiger partial charge on any atom is -0.369 e. The molecule has 0 spiro atoms. The number of nitrogens with one attached hydrogen (secondary N) is 1. The second-order valence-electron chi connectivity index (χ2n) is 5.31. The van der Waals surface area contributed by atoms with Crippen molar-refractivity contribution < 1.29 is 0 Å². The van der Waals surface area contributed by atoms with E-state index in [4.69, 9.17) is 0 Å². The van der Waals surface area contributed by atoms with Crippen LogP contribution in [0.3, 0.4) is 0 Å². The SMILES string of the molecule is CN(C)CCCc1cccc(N2CCNCC2)c1. The first-order valence-electron chi connectivity index (χ1n) is 6.95. The van der Waals surface area contributed by atoms with Gasteiger partial charge in [-0.25, -0.2) is 0 Å². The quantitative estimate of drug-likeness (QED) is 0.852. The van der Waals surface area contributed by atoms with E-state index in [0.29, 0.717) is 0 Å². The molecule has 0 atom stereocenters. The van der Waals surface area contributed by atoms with Gasteiger partial charge in [0.1, 0.15) is 0 Å². The minimum atomic E-state index is 1.10. The number of rotatable bonds is 5. The highest BCUT2D eigenvalue weighted by molar-refractivity contribution is 5.49. The molecule has 1 aromatic carbocycles. The van der Waals surface area contributed by atoms with E-state index >= 15 is 0 Å². The van der Waals surface area contributed by atoms with Gasteiger partial charge in [-0.3, -0.25) is 0 Å². The van der Waals surface area contributed by atoms with Crippen molar-refractivity contribution in [2.75, 3.05) is 51.7 Å². The van der Waals surface area contributed by atoms with E-state index in [9.17, 15) is 0 Å². The summed E-state index contributed by atoms with van der Waals surface area (Å²) in [4.78, 5) is 4.73. The molecule has 3 heteroatoms. The monoisotopic (exact) mass is 247 g/mol. The molecule has 3 nitrogen and oxygen atoms in total. The third-order valence-corrected chi connectivity index (χ3v) is 3.46. The molecule has 1 saturated heterocycles. The summed E-state index contributed by atoms with van der Waals surface area (Å²) in [6.07, 6.45) is 2.41. The molecule has 1 heterocycles. The maximum absolute atomic E-state index is 3.40. The van der Waals surface area contributed by atoms with E-state index in [1.165, 1.54) is 24.1 Å². The lowest BCUT2D eigenvalue weighted by Crippen LogP contribution is -2.43. The van der Waals surface area contributed by atoms with E-state index in [2.05, 4.69) is 53.5 Å². The van der Waals surface area contributed by atoms with E-state index in [1.807, 2.05) is 0 Å². The Morgan fingerprint density at radius 2 is 2.00 bits per heavy atom. The van der Waals surface area contributed by atoms with Gasteiger partial charge >= 0.3 is 0 Å². The van der Waals surface area contributed by atoms with Gasteiger partial charge in [0.05, 0.1) is 0 Å². The number of hydrogen-bond acceptors (Lipinski definition) is 3. The molecule has 1 aromatic rings. The molecule has 18 heavy (non-hydrogen) atoms. The molecule has 0 bridgehead atoms. The van der Waals surface area contributed by atoms with E-state index in [-0.39, 0.29) is 0 Å². The smallest absolute Gasteiger partial charge is 0.0369 e. The number of piperazine rings is 1. The summed E-state index contributed by atoms with van der Waals surface area (Å²) in [6, 6.07) is 9.05. The van der Waals surface area contributed by atoms with Crippen molar-refractivity contribution in [3.63, 3.8) is 0 Å². The summed E-state index contributed by atoms with van der Waals surface area (Å²) < 4.78 is 0. The fourth-order valence-electron chi connectivity index (χ4n) is 2.43. The summed E-state index contributed by atoms with van der Waals surface area (Å²) in [5.41, 5.74) is 2.85. The predicted molar refractivity (Wildman–Crippen MR) is 78.4 cm³/mol. The van der Waals surface area contributed by atoms with Crippen molar-refractivity contribution in [2.45, 2.75) is 12.8 Å². The van der Waals surface area contributed by atoms with E-state index in [0.717, 1.165) is 32.7 Å². The Balaban J connectivity index is 1.91. The maximum atomic E-state index is 3.40. The number of benzene rings is 1. The lowest BCUT2D eigenvalue weighted by Gasteiger charge is -2.29. The van der Waals surface area contributed by atoms with Crippen molar-refractivity contribution in [3.8, 4) is 0 Å². The van der Waals surface area contributed by atoms with Crippen molar-refractivity contribution in [2.24, 2.45) is 0 Å². The first kappa shape index (κ1) is 13.4. The average molecular weight is 247 g/mol. The highest BCUT2D eigenvalue weighted by Crippen LogP contribution is 2.17. The molecule has 0 unspecified atom stereocenters. The molecule has 1 aliphatic rings. The second kappa shape index (κ2) is 6.76. The van der Waals surface area contributed by atoms with Crippen LogP contribution in [0.1, 0.15) is 12.0 Å². The van der Waals surface area contributed by atoms with Crippen LogP contribution in [-0.2, 0) is 6.42 Å². The van der Waals surface area contributed by atoms with Gasteiger partial charge in [-0.2, -0.15) is 0 Å². The van der Waals surface area contributed by atoms with Gasteiger partial charge in [0.25, 0.3) is 0 Å². The third-order valence-electron chi connectivity index (χ3n) is 3.46. The van der Waals surface area contributed by atoms with Crippen molar-refractivity contribution in [3.05, 3.63) is 29.8 Å². The standard InChI is InChI=1S/C15H25N3/c1-17(2)10-4-6-14-5-3-7-15(13-14)18-11-8-16-9-12-18/h3,5,7,13,16H,4,6,8-12H2,1-2H3. The van der Waals surface area contributed by atoms with Gasteiger partial charge in [-0.15, -0.1) is 0 Å². The fraction of sp³-hybridized carbons (Fsp3) is 0.600. The molecule has 1 N–H and O–H groups in total. The topological polar surface area (TPSA) is 18.5 Å². The number of hydrogen-bond donors (Lipinski definition) is 1. The van der Waals surface area contributed by atoms with Gasteiger partial charge in [0, 0.05) is 31.9 Å². The molecular weight excluding hydrogens is 222 g/mol. The van der Waals surface area contributed by atoms with Crippen LogP contribution in [0.5, 0.6) is 0 Å². The molecule has 100 valence electrons. The van der Waals surface area contributed by atoms with E-state index in [1.54, 1.807) is 0 Å². The zero-order valence-electron chi connectivity index (χ0n) is 11.7. The molecule has 1 aliphatic heterocycles. The second-order valence-corrected chi connectivity index (χ2v) is 5.31. The molecule has 2 rings (SSSR count). The molecule has 0 amide bonds. The summed E-state index contributed by atoms with van der Waals surface area (Å²) in [5, 5.41) is 3.40.